The summed E-state index contributed by atoms with van der Waals surface area (Å²) in [6.07, 6.45) is 10.7. The molecule has 1 aliphatic carbocycles. The molecule has 0 saturated heterocycles. The molecule has 3 nitrogen and oxygen atoms in total. The highest BCUT2D eigenvalue weighted by molar-refractivity contribution is 7.11. The van der Waals surface area contributed by atoms with Crippen LogP contribution in [0.4, 0.5) is 0 Å². The van der Waals surface area contributed by atoms with Gasteiger partial charge in [-0.25, -0.2) is 0 Å². The number of hydrogen-bond donors (Lipinski definition) is 1. The third kappa shape index (κ3) is 4.01. The first kappa shape index (κ1) is 15.9. The zero-order valence-corrected chi connectivity index (χ0v) is 14.0. The Kier molecular flexibility index (Phi) is 6.43. The van der Waals surface area contributed by atoms with Crippen LogP contribution in [0.5, 0.6) is 0 Å². The standard InChI is InChI=1S/C16H29N3S/c1-4-6-7-12-8-10-13(11-9-12)15-18-19-16(20-15)14(5-2)17-3/h12-14,17H,4-11H2,1-3H3. The molecule has 0 amide bonds. The monoisotopic (exact) mass is 295 g/mol. The van der Waals surface area contributed by atoms with Crippen molar-refractivity contribution >= 4 is 11.3 Å². The fraction of sp³-hybridized carbons (Fsp3) is 0.875. The van der Waals surface area contributed by atoms with Gasteiger partial charge in [-0.1, -0.05) is 44.4 Å². The molecule has 1 fully saturated rings. The lowest BCUT2D eigenvalue weighted by Crippen LogP contribution is -2.14. The van der Waals surface area contributed by atoms with Gasteiger partial charge < -0.3 is 5.32 Å². The number of rotatable bonds is 7. The molecular weight excluding hydrogens is 266 g/mol. The molecule has 1 saturated carbocycles. The van der Waals surface area contributed by atoms with Gasteiger partial charge in [0.15, 0.2) is 0 Å². The molecule has 1 aromatic rings. The van der Waals surface area contributed by atoms with Gasteiger partial charge in [0, 0.05) is 5.92 Å². The van der Waals surface area contributed by atoms with Crippen LogP contribution in [0.15, 0.2) is 0 Å². The zero-order valence-electron chi connectivity index (χ0n) is 13.2. The maximum absolute atomic E-state index is 4.47. The first-order valence-corrected chi connectivity index (χ1v) is 9.10. The summed E-state index contributed by atoms with van der Waals surface area (Å²) in [5.74, 6) is 1.65. The average Bonchev–Trinajstić information content (AvgIpc) is 2.97. The summed E-state index contributed by atoms with van der Waals surface area (Å²) in [5.41, 5.74) is 0. The first-order valence-electron chi connectivity index (χ1n) is 8.29. The third-order valence-corrected chi connectivity index (χ3v) is 5.87. The molecule has 1 aliphatic rings. The van der Waals surface area contributed by atoms with E-state index in [1.165, 1.54) is 50.0 Å². The van der Waals surface area contributed by atoms with E-state index in [1.807, 2.05) is 18.4 Å². The van der Waals surface area contributed by atoms with Gasteiger partial charge in [0.05, 0.1) is 6.04 Å². The zero-order chi connectivity index (χ0) is 14.4. The molecule has 1 aromatic heterocycles. The SMILES string of the molecule is CCCCC1CCC(c2nnc(C(CC)NC)s2)CC1. The van der Waals surface area contributed by atoms with Crippen molar-refractivity contribution in [2.75, 3.05) is 7.05 Å². The van der Waals surface area contributed by atoms with Crippen LogP contribution in [0.25, 0.3) is 0 Å². The predicted octanol–water partition coefficient (Wildman–Crippen LogP) is 4.67. The van der Waals surface area contributed by atoms with E-state index >= 15 is 0 Å². The number of aromatic nitrogens is 2. The minimum atomic E-state index is 0.377. The second-order valence-electron chi connectivity index (χ2n) is 6.09. The second kappa shape index (κ2) is 8.08. The Bertz CT molecular complexity index is 379. The summed E-state index contributed by atoms with van der Waals surface area (Å²) in [5, 5.41) is 14.6. The molecular formula is C16H29N3S. The molecule has 0 spiro atoms. The van der Waals surface area contributed by atoms with Gasteiger partial charge in [-0.15, -0.1) is 10.2 Å². The van der Waals surface area contributed by atoms with E-state index in [2.05, 4.69) is 29.4 Å². The van der Waals surface area contributed by atoms with Gasteiger partial charge in [0.1, 0.15) is 10.0 Å². The molecule has 2 rings (SSSR count). The Morgan fingerprint density at radius 3 is 2.55 bits per heavy atom. The van der Waals surface area contributed by atoms with Crippen LogP contribution in [0, 0.1) is 5.92 Å². The highest BCUT2D eigenvalue weighted by Crippen LogP contribution is 2.39. The minimum absolute atomic E-state index is 0.377. The molecule has 1 atom stereocenters. The predicted molar refractivity (Wildman–Crippen MR) is 86.2 cm³/mol. The third-order valence-electron chi connectivity index (χ3n) is 4.67. The van der Waals surface area contributed by atoms with Crippen molar-refractivity contribution in [3.8, 4) is 0 Å². The summed E-state index contributed by atoms with van der Waals surface area (Å²) < 4.78 is 0. The van der Waals surface area contributed by atoms with Crippen LogP contribution in [0.1, 0.15) is 87.2 Å². The van der Waals surface area contributed by atoms with Gasteiger partial charge in [-0.05, 0) is 45.1 Å². The number of nitrogens with one attached hydrogen (secondary N) is 1. The van der Waals surface area contributed by atoms with E-state index in [1.54, 1.807) is 0 Å². The second-order valence-corrected chi connectivity index (χ2v) is 7.13. The van der Waals surface area contributed by atoms with E-state index in [0.29, 0.717) is 12.0 Å². The molecule has 1 N–H and O–H groups in total. The van der Waals surface area contributed by atoms with Crippen LogP contribution >= 0.6 is 11.3 Å². The molecule has 1 heterocycles. The van der Waals surface area contributed by atoms with Crippen LogP contribution in [0.2, 0.25) is 0 Å². The van der Waals surface area contributed by atoms with Crippen molar-refractivity contribution in [3.05, 3.63) is 10.0 Å². The van der Waals surface area contributed by atoms with E-state index < -0.39 is 0 Å². The number of unbranched alkanes of at least 4 members (excludes halogenated alkanes) is 1. The van der Waals surface area contributed by atoms with E-state index in [-0.39, 0.29) is 0 Å². The molecule has 0 radical (unpaired) electrons. The topological polar surface area (TPSA) is 37.8 Å². The van der Waals surface area contributed by atoms with Crippen molar-refractivity contribution in [1.29, 1.82) is 0 Å². The number of nitrogens with zero attached hydrogens (tertiary/aromatic N) is 2. The quantitative estimate of drug-likeness (QED) is 0.794. The smallest absolute Gasteiger partial charge is 0.134 e. The van der Waals surface area contributed by atoms with Gasteiger partial charge in [0.2, 0.25) is 0 Å². The summed E-state index contributed by atoms with van der Waals surface area (Å²) >= 11 is 1.83. The van der Waals surface area contributed by atoms with E-state index in [9.17, 15) is 0 Å². The normalized spacial score (nSPS) is 24.8. The van der Waals surface area contributed by atoms with Crippen molar-refractivity contribution in [2.24, 2.45) is 5.92 Å². The van der Waals surface area contributed by atoms with Gasteiger partial charge in [-0.3, -0.25) is 0 Å². The maximum atomic E-state index is 4.47. The van der Waals surface area contributed by atoms with E-state index in [4.69, 9.17) is 0 Å². The van der Waals surface area contributed by atoms with Crippen LogP contribution in [-0.4, -0.2) is 17.2 Å². The fourth-order valence-corrected chi connectivity index (χ4v) is 4.45. The van der Waals surface area contributed by atoms with Crippen LogP contribution in [-0.2, 0) is 0 Å². The molecule has 1 unspecified atom stereocenters. The molecule has 20 heavy (non-hydrogen) atoms. The Labute approximate surface area is 127 Å². The summed E-state index contributed by atoms with van der Waals surface area (Å²) in [4.78, 5) is 0. The Morgan fingerprint density at radius 1 is 1.20 bits per heavy atom. The van der Waals surface area contributed by atoms with Crippen LogP contribution < -0.4 is 5.32 Å². The highest BCUT2D eigenvalue weighted by atomic mass is 32.1. The van der Waals surface area contributed by atoms with Crippen molar-refractivity contribution in [3.63, 3.8) is 0 Å². The fourth-order valence-electron chi connectivity index (χ4n) is 3.25. The lowest BCUT2D eigenvalue weighted by atomic mass is 9.80. The van der Waals surface area contributed by atoms with Gasteiger partial charge >= 0.3 is 0 Å². The highest BCUT2D eigenvalue weighted by Gasteiger charge is 2.25. The van der Waals surface area contributed by atoms with Gasteiger partial charge in [0.25, 0.3) is 0 Å². The molecule has 0 aromatic carbocycles. The van der Waals surface area contributed by atoms with Gasteiger partial charge in [-0.2, -0.15) is 0 Å². The van der Waals surface area contributed by atoms with Crippen molar-refractivity contribution in [1.82, 2.24) is 15.5 Å². The largest absolute Gasteiger partial charge is 0.311 e. The van der Waals surface area contributed by atoms with Crippen LogP contribution in [0.3, 0.4) is 0 Å². The Balaban J connectivity index is 1.87. The first-order chi connectivity index (χ1) is 9.78. The lowest BCUT2D eigenvalue weighted by molar-refractivity contribution is 0.303. The van der Waals surface area contributed by atoms with Crippen molar-refractivity contribution in [2.45, 2.75) is 77.2 Å². The Hall–Kier alpha value is -0.480. The maximum Gasteiger partial charge on any atom is 0.134 e. The summed E-state index contributed by atoms with van der Waals surface area (Å²) in [6, 6.07) is 0.377. The summed E-state index contributed by atoms with van der Waals surface area (Å²) in [7, 11) is 2.01. The molecule has 0 aliphatic heterocycles. The average molecular weight is 295 g/mol. The number of hydrogen-bond acceptors (Lipinski definition) is 4. The molecule has 0 bridgehead atoms. The summed E-state index contributed by atoms with van der Waals surface area (Å²) in [6.45, 7) is 4.49. The minimum Gasteiger partial charge on any atom is -0.311 e. The lowest BCUT2D eigenvalue weighted by Gasteiger charge is -2.26. The van der Waals surface area contributed by atoms with E-state index in [0.717, 1.165) is 17.3 Å². The molecule has 4 heteroatoms. The van der Waals surface area contributed by atoms with Crippen molar-refractivity contribution < 1.29 is 0 Å². The Morgan fingerprint density at radius 2 is 1.95 bits per heavy atom. The molecule has 114 valence electrons.